The summed E-state index contributed by atoms with van der Waals surface area (Å²) in [4.78, 5) is 18.8. The van der Waals surface area contributed by atoms with Crippen molar-refractivity contribution in [3.63, 3.8) is 0 Å². The second-order valence-corrected chi connectivity index (χ2v) is 5.95. The Morgan fingerprint density at radius 1 is 1.33 bits per heavy atom. The summed E-state index contributed by atoms with van der Waals surface area (Å²) in [6.45, 7) is 1.27. The minimum absolute atomic E-state index is 0.0805. The van der Waals surface area contributed by atoms with Gasteiger partial charge in [-0.05, 0) is 43.0 Å². The normalized spacial score (nSPS) is 17.6. The fourth-order valence-corrected chi connectivity index (χ4v) is 2.94. The number of likely N-dealkylation sites (tertiary alicyclic amines) is 1. The number of carbonyl (C=O) groups excluding carboxylic acids is 1. The topological polar surface area (TPSA) is 65.5 Å². The van der Waals surface area contributed by atoms with E-state index in [2.05, 4.69) is 10.3 Å². The average Bonchev–Trinajstić information content (AvgIpc) is 2.63. The molecule has 1 unspecified atom stereocenters. The summed E-state index contributed by atoms with van der Waals surface area (Å²) in [5.74, 6) is -0.110. The lowest BCUT2D eigenvalue weighted by Gasteiger charge is -2.32. The van der Waals surface area contributed by atoms with Crippen molar-refractivity contribution >= 4 is 17.4 Å². The molecule has 2 N–H and O–H groups in total. The van der Waals surface area contributed by atoms with Crippen LogP contribution in [0.15, 0.2) is 42.6 Å². The maximum absolute atomic E-state index is 13.8. The van der Waals surface area contributed by atoms with Crippen molar-refractivity contribution in [3.8, 4) is 0 Å². The molecule has 0 bridgehead atoms. The smallest absolute Gasteiger partial charge is 0.257 e. The van der Waals surface area contributed by atoms with Crippen LogP contribution in [0.3, 0.4) is 0 Å². The van der Waals surface area contributed by atoms with Gasteiger partial charge in [-0.3, -0.25) is 4.79 Å². The van der Waals surface area contributed by atoms with E-state index in [4.69, 9.17) is 0 Å². The van der Waals surface area contributed by atoms with Gasteiger partial charge in [0.2, 0.25) is 0 Å². The van der Waals surface area contributed by atoms with Crippen molar-refractivity contribution in [1.82, 2.24) is 9.88 Å². The number of rotatable bonds is 4. The molecule has 126 valence electrons. The lowest BCUT2D eigenvalue weighted by atomic mass is 9.98. The van der Waals surface area contributed by atoms with Gasteiger partial charge in [-0.15, -0.1) is 0 Å². The first-order chi connectivity index (χ1) is 11.7. The van der Waals surface area contributed by atoms with Crippen LogP contribution in [-0.4, -0.2) is 40.6 Å². The van der Waals surface area contributed by atoms with Crippen LogP contribution in [0.5, 0.6) is 0 Å². The van der Waals surface area contributed by atoms with E-state index in [9.17, 15) is 14.3 Å². The van der Waals surface area contributed by atoms with Crippen LogP contribution in [0.1, 0.15) is 23.2 Å². The van der Waals surface area contributed by atoms with E-state index in [1.54, 1.807) is 41.4 Å². The number of pyridine rings is 1. The molecule has 2 aromatic rings. The highest BCUT2D eigenvalue weighted by atomic mass is 19.1. The van der Waals surface area contributed by atoms with Gasteiger partial charge < -0.3 is 15.3 Å². The number of carbonyl (C=O) groups is 1. The molecule has 1 atom stereocenters. The van der Waals surface area contributed by atoms with Gasteiger partial charge in [0, 0.05) is 25.9 Å². The van der Waals surface area contributed by atoms with Gasteiger partial charge in [-0.2, -0.15) is 0 Å². The van der Waals surface area contributed by atoms with E-state index in [1.165, 1.54) is 6.07 Å². The zero-order valence-corrected chi connectivity index (χ0v) is 13.3. The highest BCUT2D eigenvalue weighted by molar-refractivity contribution is 5.99. The van der Waals surface area contributed by atoms with E-state index in [1.807, 2.05) is 0 Å². The predicted octanol–water partition coefficient (Wildman–Crippen LogP) is 2.81. The summed E-state index contributed by atoms with van der Waals surface area (Å²) in [5, 5.41) is 12.2. The van der Waals surface area contributed by atoms with Gasteiger partial charge in [0.15, 0.2) is 0 Å². The highest BCUT2D eigenvalue weighted by Crippen LogP contribution is 2.24. The number of amides is 1. The van der Waals surface area contributed by atoms with Crippen molar-refractivity contribution in [2.24, 2.45) is 5.92 Å². The Labute approximate surface area is 140 Å². The third-order valence-electron chi connectivity index (χ3n) is 4.23. The summed E-state index contributed by atoms with van der Waals surface area (Å²) in [6, 6.07) is 9.64. The Hall–Kier alpha value is -2.47. The average molecular weight is 329 g/mol. The van der Waals surface area contributed by atoms with Crippen molar-refractivity contribution in [3.05, 3.63) is 54.0 Å². The molecule has 0 radical (unpaired) electrons. The SMILES string of the molecule is O=C(c1cccnc1Nc1ccccc1F)N1CCCC(CO)C1. The van der Waals surface area contributed by atoms with Crippen LogP contribution in [0.2, 0.25) is 0 Å². The summed E-state index contributed by atoms with van der Waals surface area (Å²) in [6.07, 6.45) is 3.35. The summed E-state index contributed by atoms with van der Waals surface area (Å²) in [5.41, 5.74) is 0.677. The number of halogens is 1. The molecule has 1 aliphatic rings. The number of aliphatic hydroxyl groups is 1. The van der Waals surface area contributed by atoms with Gasteiger partial charge in [0.1, 0.15) is 11.6 Å². The quantitative estimate of drug-likeness (QED) is 0.905. The molecule has 1 amide bonds. The molecule has 0 saturated carbocycles. The number of para-hydroxylation sites is 1. The number of piperidine rings is 1. The number of nitrogens with one attached hydrogen (secondary N) is 1. The standard InChI is InChI=1S/C18H20FN3O2/c19-15-7-1-2-8-16(15)21-17-14(6-3-9-20-17)18(24)22-10-4-5-13(11-22)12-23/h1-3,6-9,13,23H,4-5,10-12H2,(H,20,21). The Bertz CT molecular complexity index is 723. The fraction of sp³-hybridized carbons (Fsp3) is 0.333. The molecule has 0 aliphatic carbocycles. The minimum atomic E-state index is -0.403. The van der Waals surface area contributed by atoms with Crippen LogP contribution in [0, 0.1) is 11.7 Å². The Balaban J connectivity index is 1.83. The van der Waals surface area contributed by atoms with Crippen molar-refractivity contribution < 1.29 is 14.3 Å². The Morgan fingerprint density at radius 2 is 2.17 bits per heavy atom. The van der Waals surface area contributed by atoms with Crippen molar-refractivity contribution in [1.29, 1.82) is 0 Å². The van der Waals surface area contributed by atoms with Crippen LogP contribution in [0.4, 0.5) is 15.9 Å². The van der Waals surface area contributed by atoms with Crippen molar-refractivity contribution in [2.75, 3.05) is 25.0 Å². The van der Waals surface area contributed by atoms with Gasteiger partial charge in [0.05, 0.1) is 11.3 Å². The van der Waals surface area contributed by atoms with Gasteiger partial charge >= 0.3 is 0 Å². The van der Waals surface area contributed by atoms with Crippen LogP contribution in [-0.2, 0) is 0 Å². The van der Waals surface area contributed by atoms with Crippen LogP contribution in [0.25, 0.3) is 0 Å². The Morgan fingerprint density at radius 3 is 2.96 bits per heavy atom. The first-order valence-corrected chi connectivity index (χ1v) is 8.05. The minimum Gasteiger partial charge on any atom is -0.396 e. The zero-order chi connectivity index (χ0) is 16.9. The number of benzene rings is 1. The molecule has 6 heteroatoms. The number of hydrogen-bond acceptors (Lipinski definition) is 4. The molecule has 1 aliphatic heterocycles. The first kappa shape index (κ1) is 16.4. The van der Waals surface area contributed by atoms with Crippen molar-refractivity contribution in [2.45, 2.75) is 12.8 Å². The molecule has 1 saturated heterocycles. The lowest BCUT2D eigenvalue weighted by Crippen LogP contribution is -2.41. The molecule has 24 heavy (non-hydrogen) atoms. The van der Waals surface area contributed by atoms with E-state index < -0.39 is 5.82 Å². The third-order valence-corrected chi connectivity index (χ3v) is 4.23. The predicted molar refractivity (Wildman–Crippen MR) is 89.6 cm³/mol. The molecule has 1 aromatic heterocycles. The Kier molecular flexibility index (Phi) is 5.05. The maximum Gasteiger partial charge on any atom is 0.257 e. The summed E-state index contributed by atoms with van der Waals surface area (Å²) < 4.78 is 13.8. The largest absolute Gasteiger partial charge is 0.396 e. The number of hydrogen-bond donors (Lipinski definition) is 2. The number of aromatic nitrogens is 1. The monoisotopic (exact) mass is 329 g/mol. The molecule has 3 rings (SSSR count). The van der Waals surface area contributed by atoms with E-state index >= 15 is 0 Å². The van der Waals surface area contributed by atoms with Crippen LogP contribution >= 0.6 is 0 Å². The second kappa shape index (κ2) is 7.40. The van der Waals surface area contributed by atoms with E-state index in [-0.39, 0.29) is 24.1 Å². The highest BCUT2D eigenvalue weighted by Gasteiger charge is 2.26. The van der Waals surface area contributed by atoms with E-state index in [0.717, 1.165) is 12.8 Å². The maximum atomic E-state index is 13.8. The summed E-state index contributed by atoms with van der Waals surface area (Å²) in [7, 11) is 0. The first-order valence-electron chi connectivity index (χ1n) is 8.05. The van der Waals surface area contributed by atoms with Gasteiger partial charge in [-0.25, -0.2) is 9.37 Å². The molecule has 5 nitrogen and oxygen atoms in total. The molecule has 1 fully saturated rings. The van der Waals surface area contributed by atoms with Crippen LogP contribution < -0.4 is 5.32 Å². The molecule has 0 spiro atoms. The molecule has 2 heterocycles. The molecular weight excluding hydrogens is 309 g/mol. The number of aliphatic hydroxyl groups excluding tert-OH is 1. The third kappa shape index (κ3) is 3.54. The lowest BCUT2D eigenvalue weighted by molar-refractivity contribution is 0.0621. The molecule has 1 aromatic carbocycles. The second-order valence-electron chi connectivity index (χ2n) is 5.95. The summed E-state index contributed by atoms with van der Waals surface area (Å²) >= 11 is 0. The van der Waals surface area contributed by atoms with E-state index in [0.29, 0.717) is 24.5 Å². The molecular formula is C18H20FN3O2. The fourth-order valence-electron chi connectivity index (χ4n) is 2.94. The van der Waals surface area contributed by atoms with Gasteiger partial charge in [0.25, 0.3) is 5.91 Å². The number of nitrogens with zero attached hydrogens (tertiary/aromatic N) is 2. The van der Waals surface area contributed by atoms with Gasteiger partial charge in [-0.1, -0.05) is 12.1 Å². The zero-order valence-electron chi connectivity index (χ0n) is 13.3. The number of anilines is 2.